The van der Waals surface area contributed by atoms with Crippen LogP contribution in [0.1, 0.15) is 44.3 Å². The Morgan fingerprint density at radius 1 is 1.06 bits per heavy atom. The van der Waals surface area contributed by atoms with Gasteiger partial charge in [-0.05, 0) is 36.2 Å². The van der Waals surface area contributed by atoms with Gasteiger partial charge in [-0.3, -0.25) is 14.0 Å². The van der Waals surface area contributed by atoms with Crippen LogP contribution in [0.3, 0.4) is 0 Å². The average molecular weight is 413 g/mol. The minimum absolute atomic E-state index is 0.0896. The van der Waals surface area contributed by atoms with E-state index in [1.54, 1.807) is 22.7 Å². The molecule has 4 rings (SSSR count). The third-order valence-corrected chi connectivity index (χ3v) is 5.38. The summed E-state index contributed by atoms with van der Waals surface area (Å²) in [5.74, 6) is -0.664. The largest absolute Gasteiger partial charge is 0.396 e. The van der Waals surface area contributed by atoms with Crippen molar-refractivity contribution < 1.29 is 14.7 Å². The van der Waals surface area contributed by atoms with Crippen LogP contribution in [0.2, 0.25) is 0 Å². The molecular formula is C25H23N3O3. The Morgan fingerprint density at radius 3 is 2.61 bits per heavy atom. The number of pyridine rings is 1. The number of aromatic nitrogens is 2. The number of hydrogen-bond acceptors (Lipinski definition) is 4. The monoisotopic (exact) mass is 413 g/mol. The van der Waals surface area contributed by atoms with Crippen LogP contribution in [0.25, 0.3) is 5.65 Å². The second-order valence-corrected chi connectivity index (χ2v) is 7.47. The lowest BCUT2D eigenvalue weighted by atomic mass is 9.92. The van der Waals surface area contributed by atoms with Crippen LogP contribution in [-0.4, -0.2) is 32.8 Å². The zero-order valence-electron chi connectivity index (χ0n) is 17.2. The Morgan fingerprint density at radius 2 is 1.84 bits per heavy atom. The first kappa shape index (κ1) is 20.5. The predicted octanol–water partition coefficient (Wildman–Crippen LogP) is 4.24. The molecule has 31 heavy (non-hydrogen) atoms. The van der Waals surface area contributed by atoms with E-state index in [1.165, 1.54) is 6.20 Å². The molecule has 0 fully saturated rings. The lowest BCUT2D eigenvalue weighted by molar-refractivity contribution is 0.0958. The highest BCUT2D eigenvalue weighted by Gasteiger charge is 2.18. The number of nitrogens with zero attached hydrogens (tertiary/aromatic N) is 2. The topological polar surface area (TPSA) is 83.7 Å². The maximum absolute atomic E-state index is 12.9. The van der Waals surface area contributed by atoms with Crippen molar-refractivity contribution in [2.75, 3.05) is 11.9 Å². The van der Waals surface area contributed by atoms with Crippen LogP contribution in [0.5, 0.6) is 0 Å². The standard InChI is InChI=1S/C25H23N3O3/c1-17-10-11-19(23(30)14-20(16-29)18-7-3-2-4-8-18)13-21(17)27-25(31)22-15-26-24-9-5-6-12-28(22)24/h2-13,15,20,29H,14,16H2,1H3,(H,27,31). The highest BCUT2D eigenvalue weighted by Crippen LogP contribution is 2.24. The zero-order valence-corrected chi connectivity index (χ0v) is 17.2. The summed E-state index contributed by atoms with van der Waals surface area (Å²) in [4.78, 5) is 30.0. The maximum Gasteiger partial charge on any atom is 0.274 e. The van der Waals surface area contributed by atoms with Crippen molar-refractivity contribution in [2.45, 2.75) is 19.3 Å². The number of Topliss-reactive ketones (excluding diaryl/α,β-unsaturated/α-hetero) is 1. The molecule has 2 N–H and O–H groups in total. The number of amides is 1. The molecule has 1 atom stereocenters. The summed E-state index contributed by atoms with van der Waals surface area (Å²) in [6.45, 7) is 1.76. The minimum Gasteiger partial charge on any atom is -0.396 e. The molecule has 4 aromatic rings. The smallest absolute Gasteiger partial charge is 0.274 e. The van der Waals surface area contributed by atoms with Crippen molar-refractivity contribution in [1.29, 1.82) is 0 Å². The van der Waals surface area contributed by atoms with E-state index in [-0.39, 0.29) is 30.6 Å². The van der Waals surface area contributed by atoms with E-state index in [0.29, 0.717) is 22.6 Å². The van der Waals surface area contributed by atoms with Crippen LogP contribution in [0.15, 0.2) is 79.1 Å². The van der Waals surface area contributed by atoms with Gasteiger partial charge in [0.05, 0.1) is 12.8 Å². The third kappa shape index (κ3) is 4.39. The van der Waals surface area contributed by atoms with E-state index in [9.17, 15) is 14.7 Å². The fourth-order valence-corrected chi connectivity index (χ4v) is 3.57. The molecule has 0 aliphatic carbocycles. The summed E-state index contributed by atoms with van der Waals surface area (Å²) in [6.07, 6.45) is 3.49. The third-order valence-electron chi connectivity index (χ3n) is 5.38. The van der Waals surface area contributed by atoms with Crippen LogP contribution >= 0.6 is 0 Å². The summed E-state index contributed by atoms with van der Waals surface area (Å²) in [5.41, 5.74) is 3.93. The second kappa shape index (κ2) is 8.93. The van der Waals surface area contributed by atoms with Gasteiger partial charge in [0.2, 0.25) is 0 Å². The predicted molar refractivity (Wildman–Crippen MR) is 120 cm³/mol. The lowest BCUT2D eigenvalue weighted by Gasteiger charge is -2.15. The molecule has 2 heterocycles. The van der Waals surface area contributed by atoms with Gasteiger partial charge in [0.15, 0.2) is 5.78 Å². The highest BCUT2D eigenvalue weighted by atomic mass is 16.3. The molecule has 2 aromatic carbocycles. The number of benzene rings is 2. The van der Waals surface area contributed by atoms with Crippen molar-refractivity contribution in [3.63, 3.8) is 0 Å². The van der Waals surface area contributed by atoms with Crippen LogP contribution in [0.4, 0.5) is 5.69 Å². The Bertz CT molecular complexity index is 1230. The quantitative estimate of drug-likeness (QED) is 0.444. The number of ketones is 1. The van der Waals surface area contributed by atoms with E-state index in [2.05, 4.69) is 10.3 Å². The molecule has 2 aromatic heterocycles. The van der Waals surface area contributed by atoms with Crippen LogP contribution in [0, 0.1) is 6.92 Å². The van der Waals surface area contributed by atoms with Gasteiger partial charge < -0.3 is 10.4 Å². The average Bonchev–Trinajstić information content (AvgIpc) is 3.23. The number of aryl methyl sites for hydroxylation is 1. The second-order valence-electron chi connectivity index (χ2n) is 7.47. The summed E-state index contributed by atoms with van der Waals surface area (Å²) in [7, 11) is 0. The fraction of sp³-hybridized carbons (Fsp3) is 0.160. The van der Waals surface area contributed by atoms with E-state index >= 15 is 0 Å². The number of aliphatic hydroxyl groups excluding tert-OH is 1. The van der Waals surface area contributed by atoms with Gasteiger partial charge in [0.1, 0.15) is 11.3 Å². The lowest BCUT2D eigenvalue weighted by Crippen LogP contribution is -2.16. The maximum atomic E-state index is 12.9. The van der Waals surface area contributed by atoms with E-state index in [1.807, 2.05) is 61.5 Å². The Kier molecular flexibility index (Phi) is 5.91. The molecule has 6 heteroatoms. The normalized spacial score (nSPS) is 11.9. The van der Waals surface area contributed by atoms with Gasteiger partial charge in [-0.2, -0.15) is 0 Å². The van der Waals surface area contributed by atoms with Crippen molar-refractivity contribution in [1.82, 2.24) is 9.38 Å². The number of hydrogen-bond donors (Lipinski definition) is 2. The molecule has 0 saturated carbocycles. The Labute approximate surface area is 180 Å². The highest BCUT2D eigenvalue weighted by molar-refractivity contribution is 6.05. The first-order chi connectivity index (χ1) is 15.1. The van der Waals surface area contributed by atoms with Gasteiger partial charge in [-0.1, -0.05) is 48.5 Å². The molecule has 0 radical (unpaired) electrons. The number of rotatable bonds is 7. The minimum atomic E-state index is -0.302. The number of nitrogens with one attached hydrogen (secondary N) is 1. The van der Waals surface area contributed by atoms with E-state index in [4.69, 9.17) is 0 Å². The molecule has 1 amide bonds. The van der Waals surface area contributed by atoms with Gasteiger partial charge in [-0.15, -0.1) is 0 Å². The van der Waals surface area contributed by atoms with Crippen molar-refractivity contribution in [3.05, 3.63) is 102 Å². The van der Waals surface area contributed by atoms with E-state index < -0.39 is 0 Å². The van der Waals surface area contributed by atoms with Gasteiger partial charge in [0.25, 0.3) is 5.91 Å². The number of carbonyl (C=O) groups excluding carboxylic acids is 2. The fourth-order valence-electron chi connectivity index (χ4n) is 3.57. The summed E-state index contributed by atoms with van der Waals surface area (Å²) in [6, 6.07) is 20.3. The Balaban J connectivity index is 1.54. The number of aliphatic hydroxyl groups is 1. The summed E-state index contributed by atoms with van der Waals surface area (Å²) < 4.78 is 1.71. The first-order valence-corrected chi connectivity index (χ1v) is 10.1. The van der Waals surface area contributed by atoms with Crippen LogP contribution in [-0.2, 0) is 0 Å². The number of fused-ring (bicyclic) bond motifs is 1. The van der Waals surface area contributed by atoms with Crippen molar-refractivity contribution >= 4 is 23.0 Å². The molecule has 0 aliphatic rings. The molecule has 156 valence electrons. The van der Waals surface area contributed by atoms with Crippen molar-refractivity contribution in [2.24, 2.45) is 0 Å². The molecule has 0 spiro atoms. The summed E-state index contributed by atoms with van der Waals surface area (Å²) >= 11 is 0. The summed E-state index contributed by atoms with van der Waals surface area (Å²) in [5, 5.41) is 12.7. The molecule has 0 aliphatic heterocycles. The number of anilines is 1. The molecule has 0 saturated heterocycles. The zero-order chi connectivity index (χ0) is 21.8. The Hall–Kier alpha value is -3.77. The molecule has 0 bridgehead atoms. The van der Waals surface area contributed by atoms with Crippen LogP contribution < -0.4 is 5.32 Å². The van der Waals surface area contributed by atoms with E-state index in [0.717, 1.165) is 11.1 Å². The number of imidazole rings is 1. The number of carbonyl (C=O) groups is 2. The van der Waals surface area contributed by atoms with Crippen molar-refractivity contribution in [3.8, 4) is 0 Å². The first-order valence-electron chi connectivity index (χ1n) is 10.1. The molecular weight excluding hydrogens is 390 g/mol. The molecule has 6 nitrogen and oxygen atoms in total. The molecule has 1 unspecified atom stereocenters. The SMILES string of the molecule is Cc1ccc(C(=O)CC(CO)c2ccccc2)cc1NC(=O)c1cnc2ccccn12. The van der Waals surface area contributed by atoms with Gasteiger partial charge in [0, 0.05) is 29.8 Å². The van der Waals surface area contributed by atoms with Gasteiger partial charge in [-0.25, -0.2) is 4.98 Å². The van der Waals surface area contributed by atoms with Gasteiger partial charge >= 0.3 is 0 Å².